The molecule has 0 bridgehead atoms. The van der Waals surface area contributed by atoms with Gasteiger partial charge in [0.25, 0.3) is 11.5 Å². The van der Waals surface area contributed by atoms with E-state index in [0.29, 0.717) is 84.4 Å². The van der Waals surface area contributed by atoms with Gasteiger partial charge in [0.15, 0.2) is 5.82 Å². The van der Waals surface area contributed by atoms with Gasteiger partial charge in [0.05, 0.1) is 34.9 Å². The molecule has 0 aliphatic carbocycles. The first-order valence-electron chi connectivity index (χ1n) is 17.0. The Morgan fingerprint density at radius 2 is 1.83 bits per heavy atom. The number of anilines is 3. The number of carbonyl (C=O) groups excluding carboxylic acids is 1. The summed E-state index contributed by atoms with van der Waals surface area (Å²) in [6.07, 6.45) is 4.37. The van der Waals surface area contributed by atoms with Crippen LogP contribution in [0.4, 0.5) is 26.0 Å². The molecule has 15 heteroatoms. The highest BCUT2D eigenvalue weighted by Crippen LogP contribution is 2.38. The Morgan fingerprint density at radius 1 is 1.00 bits per heavy atom. The highest BCUT2D eigenvalue weighted by atomic mass is 32.1. The molecule has 5 heterocycles. The number of hydrogen-bond acceptors (Lipinski definition) is 10. The van der Waals surface area contributed by atoms with E-state index in [1.54, 1.807) is 23.1 Å². The molecule has 6 aromatic rings. The first-order valence-corrected chi connectivity index (χ1v) is 17.8. The van der Waals surface area contributed by atoms with Gasteiger partial charge in [-0.3, -0.25) is 18.8 Å². The molecule has 0 unspecified atom stereocenters. The van der Waals surface area contributed by atoms with Crippen molar-refractivity contribution in [2.45, 2.75) is 31.3 Å². The standard InChI is InChI=1S/C37H35F2N9O3S/c38-24-6-8-28(29(39)16-24)23(20-46-22-41-21-42-46)19-45-12-10-25(11-13-45)43-35(49)33-18-31-36(52-33)44-34(40)37(50)48(31)27-7-9-32-30(17-27)47(14-15-51-32)26-4-2-1-3-5-26/h1-9,16-18,21-23,25H,10-15,19-20H2,(H2,40,44)(H,43,49)/t23-/m1/s1. The highest BCUT2D eigenvalue weighted by molar-refractivity contribution is 7.20. The van der Waals surface area contributed by atoms with Crippen LogP contribution in [-0.2, 0) is 6.54 Å². The first kappa shape index (κ1) is 33.5. The maximum absolute atomic E-state index is 14.9. The lowest BCUT2D eigenvalue weighted by molar-refractivity contribution is 0.0912. The lowest BCUT2D eigenvalue weighted by atomic mass is 9.96. The fourth-order valence-corrected chi connectivity index (χ4v) is 7.98. The minimum Gasteiger partial charge on any atom is -0.490 e. The number of piperidine rings is 1. The van der Waals surface area contributed by atoms with Crippen LogP contribution in [0.5, 0.6) is 5.75 Å². The Kier molecular flexibility index (Phi) is 9.11. The van der Waals surface area contributed by atoms with Crippen LogP contribution in [0, 0.1) is 11.6 Å². The number of rotatable bonds is 9. The Hall–Kier alpha value is -5.67. The van der Waals surface area contributed by atoms with Gasteiger partial charge in [0.1, 0.15) is 41.5 Å². The van der Waals surface area contributed by atoms with Crippen molar-refractivity contribution in [1.82, 2.24) is 34.5 Å². The number of thiophene rings is 1. The second-order valence-corrected chi connectivity index (χ2v) is 14.0. The van der Waals surface area contributed by atoms with Gasteiger partial charge in [-0.05, 0) is 60.9 Å². The molecule has 12 nitrogen and oxygen atoms in total. The van der Waals surface area contributed by atoms with Gasteiger partial charge < -0.3 is 25.6 Å². The van der Waals surface area contributed by atoms with Crippen LogP contribution in [0.2, 0.25) is 0 Å². The number of ether oxygens (including phenoxy) is 1. The zero-order valence-electron chi connectivity index (χ0n) is 28.0. The topological polar surface area (TPSA) is 136 Å². The van der Waals surface area contributed by atoms with Crippen molar-refractivity contribution in [2.75, 3.05) is 43.4 Å². The van der Waals surface area contributed by atoms with Crippen molar-refractivity contribution in [3.8, 4) is 11.4 Å². The third-order valence-electron chi connectivity index (χ3n) is 9.61. The van der Waals surface area contributed by atoms with E-state index >= 15 is 0 Å². The van der Waals surface area contributed by atoms with Crippen LogP contribution in [0.25, 0.3) is 16.0 Å². The second-order valence-electron chi connectivity index (χ2n) is 13.0. The molecule has 52 heavy (non-hydrogen) atoms. The van der Waals surface area contributed by atoms with Crippen LogP contribution >= 0.6 is 11.3 Å². The van der Waals surface area contributed by atoms with Crippen LogP contribution in [0.1, 0.15) is 34.0 Å². The Labute approximate surface area is 301 Å². The minimum atomic E-state index is -0.623. The minimum absolute atomic E-state index is 0.0879. The van der Waals surface area contributed by atoms with E-state index in [-0.39, 0.29) is 23.7 Å². The molecule has 2 aliphatic rings. The average Bonchev–Trinajstić information content (AvgIpc) is 3.83. The van der Waals surface area contributed by atoms with E-state index in [0.717, 1.165) is 17.4 Å². The third-order valence-corrected chi connectivity index (χ3v) is 10.6. The normalized spacial score (nSPS) is 15.7. The fraction of sp³-hybridized carbons (Fsp3) is 0.270. The number of amides is 1. The predicted molar refractivity (Wildman–Crippen MR) is 195 cm³/mol. The number of benzene rings is 3. The highest BCUT2D eigenvalue weighted by Gasteiger charge is 2.27. The van der Waals surface area contributed by atoms with E-state index in [1.807, 2.05) is 42.5 Å². The van der Waals surface area contributed by atoms with Crippen LogP contribution in [0.3, 0.4) is 0 Å². The summed E-state index contributed by atoms with van der Waals surface area (Å²) >= 11 is 1.18. The summed E-state index contributed by atoms with van der Waals surface area (Å²) in [6, 6.07) is 20.8. The summed E-state index contributed by atoms with van der Waals surface area (Å²) in [4.78, 5) is 40.7. The summed E-state index contributed by atoms with van der Waals surface area (Å²) in [6.45, 7) is 3.43. The molecule has 1 amide bonds. The summed E-state index contributed by atoms with van der Waals surface area (Å²) in [7, 11) is 0. The Balaban J connectivity index is 0.983. The van der Waals surface area contributed by atoms with Crippen molar-refractivity contribution >= 4 is 44.8 Å². The van der Waals surface area contributed by atoms with Gasteiger partial charge in [-0.2, -0.15) is 5.10 Å². The number of para-hydroxylation sites is 1. The maximum Gasteiger partial charge on any atom is 0.298 e. The molecule has 3 aromatic carbocycles. The van der Waals surface area contributed by atoms with Crippen LogP contribution in [0.15, 0.2) is 90.2 Å². The summed E-state index contributed by atoms with van der Waals surface area (Å²) in [5, 5.41) is 7.34. The number of fused-ring (bicyclic) bond motifs is 2. The molecule has 0 radical (unpaired) electrons. The molecule has 1 saturated heterocycles. The van der Waals surface area contributed by atoms with Crippen LogP contribution < -0.4 is 26.2 Å². The quantitative estimate of drug-likeness (QED) is 0.209. The molecule has 3 aromatic heterocycles. The zero-order valence-corrected chi connectivity index (χ0v) is 28.8. The first-order chi connectivity index (χ1) is 25.3. The van der Waals surface area contributed by atoms with Gasteiger partial charge in [0, 0.05) is 43.3 Å². The fourth-order valence-electron chi connectivity index (χ4n) is 7.05. The van der Waals surface area contributed by atoms with Crippen molar-refractivity contribution in [3.63, 3.8) is 0 Å². The zero-order chi connectivity index (χ0) is 35.8. The van der Waals surface area contributed by atoms with Gasteiger partial charge in [-0.25, -0.2) is 18.7 Å². The number of carbonyl (C=O) groups is 1. The summed E-state index contributed by atoms with van der Waals surface area (Å²) in [5.74, 6) is -1.21. The van der Waals surface area contributed by atoms with Crippen molar-refractivity contribution in [2.24, 2.45) is 0 Å². The molecule has 2 aliphatic heterocycles. The lowest BCUT2D eigenvalue weighted by Gasteiger charge is -2.34. The molecule has 0 spiro atoms. The van der Waals surface area contributed by atoms with Crippen molar-refractivity contribution in [3.05, 3.63) is 118 Å². The Bertz CT molecular complexity index is 2290. The number of halogens is 2. The number of nitrogen functional groups attached to an aromatic ring is 1. The number of nitrogens with one attached hydrogen (secondary N) is 1. The average molecular weight is 724 g/mol. The van der Waals surface area contributed by atoms with E-state index in [2.05, 4.69) is 30.2 Å². The molecule has 266 valence electrons. The van der Waals surface area contributed by atoms with Crippen LogP contribution in [-0.4, -0.2) is 74.0 Å². The number of likely N-dealkylation sites (tertiary alicyclic amines) is 1. The largest absolute Gasteiger partial charge is 0.490 e. The Morgan fingerprint density at radius 3 is 2.60 bits per heavy atom. The lowest BCUT2D eigenvalue weighted by Crippen LogP contribution is -2.45. The predicted octanol–water partition coefficient (Wildman–Crippen LogP) is 5.11. The number of nitrogens with two attached hydrogens (primary N) is 1. The summed E-state index contributed by atoms with van der Waals surface area (Å²) < 4.78 is 37.6. The van der Waals surface area contributed by atoms with E-state index in [4.69, 9.17) is 10.5 Å². The molecule has 1 fully saturated rings. The smallest absolute Gasteiger partial charge is 0.298 e. The monoisotopic (exact) mass is 723 g/mol. The number of hydrogen-bond donors (Lipinski definition) is 2. The third kappa shape index (κ3) is 6.72. The molecular formula is C37H35F2N9O3S. The molecule has 8 rings (SSSR count). The van der Waals surface area contributed by atoms with Gasteiger partial charge in [-0.1, -0.05) is 24.3 Å². The summed E-state index contributed by atoms with van der Waals surface area (Å²) in [5.41, 5.74) is 8.95. The number of aromatic nitrogens is 5. The second kappa shape index (κ2) is 14.2. The molecular weight excluding hydrogens is 689 g/mol. The van der Waals surface area contributed by atoms with Gasteiger partial charge in [0.2, 0.25) is 0 Å². The van der Waals surface area contributed by atoms with E-state index < -0.39 is 17.2 Å². The van der Waals surface area contributed by atoms with Gasteiger partial charge >= 0.3 is 0 Å². The van der Waals surface area contributed by atoms with Crippen molar-refractivity contribution < 1.29 is 18.3 Å². The van der Waals surface area contributed by atoms with E-state index in [9.17, 15) is 18.4 Å². The molecule has 0 saturated carbocycles. The molecule has 1 atom stereocenters. The number of nitrogens with zero attached hydrogens (tertiary/aromatic N) is 7. The molecule has 3 N–H and O–H groups in total. The van der Waals surface area contributed by atoms with Gasteiger partial charge in [-0.15, -0.1) is 11.3 Å². The van der Waals surface area contributed by atoms with Crippen molar-refractivity contribution in [1.29, 1.82) is 0 Å². The maximum atomic E-state index is 14.9. The van der Waals surface area contributed by atoms with E-state index in [1.165, 1.54) is 34.4 Å². The SMILES string of the molecule is Nc1nc2sc(C(=O)NC3CCN(C[C@H](Cn4cncn4)c4ccc(F)cc4F)CC3)cc2n(-c2ccc3c(c2)N(c2ccccc2)CCO3)c1=O.